The van der Waals surface area contributed by atoms with Crippen molar-refractivity contribution in [1.82, 2.24) is 0 Å². The van der Waals surface area contributed by atoms with E-state index in [2.05, 4.69) is 29.2 Å². The molecule has 6 rings (SSSR count). The van der Waals surface area contributed by atoms with Gasteiger partial charge in [0.05, 0.1) is 18.6 Å². The fourth-order valence-electron chi connectivity index (χ4n) is 4.34. The van der Waals surface area contributed by atoms with Crippen LogP contribution in [0, 0.1) is 0 Å². The van der Waals surface area contributed by atoms with Crippen LogP contribution in [0.4, 0.5) is 11.6 Å². The number of thiophene rings is 1. The number of ether oxygens (including phenoxy) is 1. The quantitative estimate of drug-likeness (QED) is 0.389. The topological polar surface area (TPSA) is 68.7 Å². The lowest BCUT2D eigenvalue weighted by Crippen LogP contribution is -2.36. The molecule has 6 heteroatoms. The summed E-state index contributed by atoms with van der Waals surface area (Å²) in [7, 11) is 0. The first-order chi connectivity index (χ1) is 15.2. The zero-order valence-corrected chi connectivity index (χ0v) is 17.6. The largest absolute Gasteiger partial charge is 0.440 e. The Morgan fingerprint density at radius 2 is 1.65 bits per heavy atom. The van der Waals surface area contributed by atoms with Gasteiger partial charge in [-0.05, 0) is 24.3 Å². The lowest BCUT2D eigenvalue weighted by molar-refractivity contribution is 0.121. The highest BCUT2D eigenvalue weighted by molar-refractivity contribution is 7.26. The number of hydrogen-bond acceptors (Lipinski definition) is 6. The predicted molar refractivity (Wildman–Crippen MR) is 128 cm³/mol. The van der Waals surface area contributed by atoms with Crippen LogP contribution in [0.1, 0.15) is 0 Å². The van der Waals surface area contributed by atoms with E-state index in [0.717, 1.165) is 32.3 Å². The number of morpholine rings is 1. The molecule has 0 saturated carbocycles. The summed E-state index contributed by atoms with van der Waals surface area (Å²) in [4.78, 5) is 15.0. The molecule has 0 bridgehead atoms. The number of rotatable bonds is 2. The highest BCUT2D eigenvalue weighted by Gasteiger charge is 2.19. The van der Waals surface area contributed by atoms with Gasteiger partial charge in [0.1, 0.15) is 5.58 Å². The second kappa shape index (κ2) is 7.11. The van der Waals surface area contributed by atoms with Gasteiger partial charge in [0.2, 0.25) is 0 Å². The molecule has 31 heavy (non-hydrogen) atoms. The lowest BCUT2D eigenvalue weighted by atomic mass is 10.0. The minimum absolute atomic E-state index is 0.0270. The predicted octanol–water partition coefficient (Wildman–Crippen LogP) is 5.25. The first kappa shape index (κ1) is 18.4. The van der Waals surface area contributed by atoms with E-state index >= 15 is 0 Å². The van der Waals surface area contributed by atoms with Crippen LogP contribution in [0.25, 0.3) is 42.3 Å². The maximum atomic E-state index is 12.9. The number of nitrogens with zero attached hydrogens (tertiary/aromatic N) is 1. The van der Waals surface area contributed by atoms with E-state index in [0.29, 0.717) is 43.2 Å². The van der Waals surface area contributed by atoms with Crippen molar-refractivity contribution in [2.24, 2.45) is 0 Å². The van der Waals surface area contributed by atoms with Crippen LogP contribution in [-0.2, 0) is 4.74 Å². The maximum absolute atomic E-state index is 12.9. The van der Waals surface area contributed by atoms with Gasteiger partial charge < -0.3 is 19.8 Å². The average molecular weight is 429 g/mol. The Balaban J connectivity index is 1.62. The third kappa shape index (κ3) is 2.99. The van der Waals surface area contributed by atoms with Gasteiger partial charge in [0.25, 0.3) is 0 Å². The third-order valence-electron chi connectivity index (χ3n) is 5.88. The number of fused-ring (bicyclic) bond motifs is 4. The van der Waals surface area contributed by atoms with Crippen molar-refractivity contribution >= 4 is 54.0 Å². The summed E-state index contributed by atoms with van der Waals surface area (Å²) in [6.07, 6.45) is 0. The van der Waals surface area contributed by atoms with E-state index in [-0.39, 0.29) is 5.43 Å². The molecular formula is C25H20N2O3S. The van der Waals surface area contributed by atoms with Gasteiger partial charge in [0, 0.05) is 56.1 Å². The van der Waals surface area contributed by atoms with Crippen molar-refractivity contribution in [3.05, 3.63) is 70.9 Å². The molecule has 5 nitrogen and oxygen atoms in total. The van der Waals surface area contributed by atoms with Gasteiger partial charge in [-0.25, -0.2) is 0 Å². The molecule has 154 valence electrons. The van der Waals surface area contributed by atoms with E-state index in [9.17, 15) is 4.79 Å². The van der Waals surface area contributed by atoms with Crippen LogP contribution in [-0.4, -0.2) is 26.3 Å². The standard InChI is InChI=1S/C25H20N2O3S/c26-15-7-8-22-20(13-15)18-5-2-4-17(25(18)31-22)16-3-1-6-19-21(28)14-23(30-24(16)19)27-9-11-29-12-10-27/h1-8,13-14H,9-12,26H2. The molecule has 2 aromatic heterocycles. The van der Waals surface area contributed by atoms with Gasteiger partial charge >= 0.3 is 0 Å². The molecule has 2 N–H and O–H groups in total. The first-order valence-electron chi connectivity index (χ1n) is 10.3. The first-order valence-corrected chi connectivity index (χ1v) is 11.1. The lowest BCUT2D eigenvalue weighted by Gasteiger charge is -2.27. The van der Waals surface area contributed by atoms with Crippen molar-refractivity contribution in [3.8, 4) is 11.1 Å². The van der Waals surface area contributed by atoms with Crippen molar-refractivity contribution in [3.63, 3.8) is 0 Å². The molecule has 3 heterocycles. The number of para-hydroxylation sites is 1. The third-order valence-corrected chi connectivity index (χ3v) is 7.10. The molecule has 1 aliphatic heterocycles. The van der Waals surface area contributed by atoms with Crippen LogP contribution >= 0.6 is 11.3 Å². The molecule has 0 radical (unpaired) electrons. The van der Waals surface area contributed by atoms with Crippen molar-refractivity contribution in [1.29, 1.82) is 0 Å². The van der Waals surface area contributed by atoms with E-state index in [1.165, 1.54) is 4.70 Å². The zero-order valence-electron chi connectivity index (χ0n) is 16.8. The monoisotopic (exact) mass is 428 g/mol. The summed E-state index contributed by atoms with van der Waals surface area (Å²) in [5.74, 6) is 0.601. The molecule has 0 unspecified atom stereocenters. The normalized spacial score (nSPS) is 14.6. The Morgan fingerprint density at radius 1 is 0.871 bits per heavy atom. The molecular weight excluding hydrogens is 408 g/mol. The number of benzene rings is 3. The van der Waals surface area contributed by atoms with E-state index in [1.54, 1.807) is 17.4 Å². The number of hydrogen-bond donors (Lipinski definition) is 1. The van der Waals surface area contributed by atoms with Crippen LogP contribution < -0.4 is 16.1 Å². The van der Waals surface area contributed by atoms with E-state index in [4.69, 9.17) is 14.9 Å². The van der Waals surface area contributed by atoms with Gasteiger partial charge in [-0.3, -0.25) is 4.79 Å². The van der Waals surface area contributed by atoms with Gasteiger partial charge in [0.15, 0.2) is 11.3 Å². The van der Waals surface area contributed by atoms with Gasteiger partial charge in [-0.15, -0.1) is 11.3 Å². The SMILES string of the molecule is Nc1ccc2sc3c(-c4cccc5c(=O)cc(N6CCOCC6)oc45)cccc3c2c1. The molecule has 0 aliphatic carbocycles. The molecule has 1 saturated heterocycles. The summed E-state index contributed by atoms with van der Waals surface area (Å²) in [6, 6.07) is 19.7. The Labute approximate surface area is 182 Å². The number of nitrogens with two attached hydrogens (primary N) is 1. The number of nitrogen functional groups attached to an aromatic ring is 1. The fourth-order valence-corrected chi connectivity index (χ4v) is 5.56. The fraction of sp³-hybridized carbons (Fsp3) is 0.160. The molecule has 0 atom stereocenters. The van der Waals surface area contributed by atoms with E-state index in [1.807, 2.05) is 30.3 Å². The molecule has 5 aromatic rings. The van der Waals surface area contributed by atoms with Crippen LogP contribution in [0.3, 0.4) is 0 Å². The summed E-state index contributed by atoms with van der Waals surface area (Å²) >= 11 is 1.73. The second-order valence-corrected chi connectivity index (χ2v) is 8.82. The van der Waals surface area contributed by atoms with E-state index < -0.39 is 0 Å². The molecule has 0 amide bonds. The summed E-state index contributed by atoms with van der Waals surface area (Å²) in [5.41, 5.74) is 9.38. The minimum atomic E-state index is -0.0270. The smallest absolute Gasteiger partial charge is 0.200 e. The van der Waals surface area contributed by atoms with Crippen molar-refractivity contribution < 1.29 is 9.15 Å². The van der Waals surface area contributed by atoms with Crippen molar-refractivity contribution in [2.45, 2.75) is 0 Å². The minimum Gasteiger partial charge on any atom is -0.440 e. The van der Waals surface area contributed by atoms with Gasteiger partial charge in [-0.1, -0.05) is 30.3 Å². The Morgan fingerprint density at radius 3 is 2.48 bits per heavy atom. The Bertz CT molecular complexity index is 1510. The maximum Gasteiger partial charge on any atom is 0.200 e. The number of anilines is 2. The zero-order chi connectivity index (χ0) is 20.9. The molecule has 3 aromatic carbocycles. The Kier molecular flexibility index (Phi) is 4.23. The summed E-state index contributed by atoms with van der Waals surface area (Å²) in [6.45, 7) is 2.69. The van der Waals surface area contributed by atoms with Crippen LogP contribution in [0.2, 0.25) is 0 Å². The van der Waals surface area contributed by atoms with Crippen LogP contribution in [0.15, 0.2) is 69.9 Å². The van der Waals surface area contributed by atoms with Crippen LogP contribution in [0.5, 0.6) is 0 Å². The molecule has 0 spiro atoms. The molecule has 1 fully saturated rings. The van der Waals surface area contributed by atoms with Gasteiger partial charge in [-0.2, -0.15) is 0 Å². The summed E-state index contributed by atoms with van der Waals surface area (Å²) in [5, 5.41) is 2.91. The highest BCUT2D eigenvalue weighted by atomic mass is 32.1. The summed E-state index contributed by atoms with van der Waals surface area (Å²) < 4.78 is 14.2. The van der Waals surface area contributed by atoms with Crippen molar-refractivity contribution in [2.75, 3.05) is 36.9 Å². The highest BCUT2D eigenvalue weighted by Crippen LogP contribution is 2.42. The average Bonchev–Trinajstić information content (AvgIpc) is 3.17. The second-order valence-electron chi connectivity index (χ2n) is 7.77. The molecule has 1 aliphatic rings. The Hall–Kier alpha value is -3.35.